The van der Waals surface area contributed by atoms with Gasteiger partial charge in [-0.3, -0.25) is 9.59 Å². The summed E-state index contributed by atoms with van der Waals surface area (Å²) in [6.45, 7) is 0. The van der Waals surface area contributed by atoms with Crippen molar-refractivity contribution in [3.05, 3.63) is 77.1 Å². The van der Waals surface area contributed by atoms with Crippen molar-refractivity contribution in [2.24, 2.45) is 5.73 Å². The number of rotatable bonds is 4. The van der Waals surface area contributed by atoms with Gasteiger partial charge >= 0.3 is 6.18 Å². The van der Waals surface area contributed by atoms with E-state index in [1.807, 2.05) is 5.32 Å². The van der Waals surface area contributed by atoms with Gasteiger partial charge in [-0.25, -0.2) is 13.5 Å². The number of aromatic nitrogens is 2. The van der Waals surface area contributed by atoms with E-state index in [0.29, 0.717) is 6.20 Å². The summed E-state index contributed by atoms with van der Waals surface area (Å²) in [5.41, 5.74) is 1.30. The Labute approximate surface area is 159 Å². The van der Waals surface area contributed by atoms with Gasteiger partial charge in [0, 0.05) is 5.56 Å². The summed E-state index contributed by atoms with van der Waals surface area (Å²) < 4.78 is 68.9. The number of anilines is 1. The van der Waals surface area contributed by atoms with Crippen LogP contribution in [0, 0.1) is 11.6 Å². The molecule has 2 amide bonds. The van der Waals surface area contributed by atoms with Gasteiger partial charge in [-0.2, -0.15) is 18.3 Å². The van der Waals surface area contributed by atoms with Crippen LogP contribution in [0.4, 0.5) is 27.6 Å². The van der Waals surface area contributed by atoms with Gasteiger partial charge in [0.2, 0.25) is 5.91 Å². The zero-order chi connectivity index (χ0) is 21.3. The molecule has 1 aromatic heterocycles. The summed E-state index contributed by atoms with van der Waals surface area (Å²) in [4.78, 5) is 23.6. The predicted octanol–water partition coefficient (Wildman–Crippen LogP) is 3.52. The molecule has 0 bridgehead atoms. The Bertz CT molecular complexity index is 1110. The summed E-state index contributed by atoms with van der Waals surface area (Å²) in [7, 11) is 0. The molecule has 0 atom stereocenters. The van der Waals surface area contributed by atoms with E-state index in [2.05, 4.69) is 5.10 Å². The SMILES string of the molecule is NC(=O)c1ccc(F)c(NC(=O)c2cnn(-c3ccccc3F)c2C(F)(F)F)c1. The van der Waals surface area contributed by atoms with E-state index in [1.165, 1.54) is 12.1 Å². The Morgan fingerprint density at radius 2 is 1.72 bits per heavy atom. The maximum absolute atomic E-state index is 14.0. The number of nitrogens with one attached hydrogen (secondary N) is 1. The van der Waals surface area contributed by atoms with Gasteiger partial charge in [0.25, 0.3) is 5.91 Å². The molecule has 6 nitrogen and oxygen atoms in total. The highest BCUT2D eigenvalue weighted by atomic mass is 19.4. The molecule has 0 aliphatic heterocycles. The first-order chi connectivity index (χ1) is 13.6. The molecule has 0 unspecified atom stereocenters. The first-order valence-corrected chi connectivity index (χ1v) is 7.90. The molecule has 0 spiro atoms. The maximum atomic E-state index is 14.0. The van der Waals surface area contributed by atoms with Crippen LogP contribution in [-0.2, 0) is 6.18 Å². The lowest BCUT2D eigenvalue weighted by atomic mass is 10.1. The first kappa shape index (κ1) is 20.0. The van der Waals surface area contributed by atoms with Crippen LogP contribution in [0.25, 0.3) is 5.69 Å². The number of benzene rings is 2. The smallest absolute Gasteiger partial charge is 0.366 e. The summed E-state index contributed by atoms with van der Waals surface area (Å²) >= 11 is 0. The number of hydrogen-bond donors (Lipinski definition) is 2. The number of carbonyl (C=O) groups excluding carboxylic acids is 2. The Hall–Kier alpha value is -3.76. The number of nitrogens with two attached hydrogens (primary N) is 1. The minimum Gasteiger partial charge on any atom is -0.366 e. The molecule has 3 rings (SSSR count). The highest BCUT2D eigenvalue weighted by Crippen LogP contribution is 2.34. The standard InChI is InChI=1S/C18H11F5N4O2/c19-11-6-5-9(16(24)28)7-13(11)26-17(29)10-8-25-27(15(10)18(21,22)23)14-4-2-1-3-12(14)20/h1-8H,(H2,24,28)(H,26,29). The average Bonchev–Trinajstić information content (AvgIpc) is 3.09. The highest BCUT2D eigenvalue weighted by molar-refractivity contribution is 6.06. The fraction of sp³-hybridized carbons (Fsp3) is 0.0556. The van der Waals surface area contributed by atoms with Gasteiger partial charge in [0.15, 0.2) is 5.69 Å². The molecule has 0 saturated carbocycles. The number of halogens is 5. The highest BCUT2D eigenvalue weighted by Gasteiger charge is 2.41. The fourth-order valence-electron chi connectivity index (χ4n) is 2.56. The molecule has 0 aliphatic carbocycles. The van der Waals surface area contributed by atoms with Crippen LogP contribution in [0.5, 0.6) is 0 Å². The quantitative estimate of drug-likeness (QED) is 0.645. The third kappa shape index (κ3) is 3.93. The van der Waals surface area contributed by atoms with E-state index >= 15 is 0 Å². The molecular weight excluding hydrogens is 399 g/mol. The topological polar surface area (TPSA) is 90.0 Å². The van der Waals surface area contributed by atoms with Crippen LogP contribution in [0.3, 0.4) is 0 Å². The largest absolute Gasteiger partial charge is 0.434 e. The van der Waals surface area contributed by atoms with Crippen molar-refractivity contribution >= 4 is 17.5 Å². The van der Waals surface area contributed by atoms with Gasteiger partial charge < -0.3 is 11.1 Å². The molecule has 0 aliphatic rings. The minimum atomic E-state index is -5.08. The molecule has 0 radical (unpaired) electrons. The Kier molecular flexibility index (Phi) is 5.06. The number of carbonyl (C=O) groups is 2. The van der Waals surface area contributed by atoms with E-state index in [4.69, 9.17) is 5.73 Å². The van der Waals surface area contributed by atoms with Gasteiger partial charge in [-0.15, -0.1) is 0 Å². The van der Waals surface area contributed by atoms with Crippen LogP contribution in [0.2, 0.25) is 0 Å². The molecule has 150 valence electrons. The maximum Gasteiger partial charge on any atom is 0.434 e. The number of amides is 2. The summed E-state index contributed by atoms with van der Waals surface area (Å²) in [6, 6.07) is 7.30. The molecular formula is C18H11F5N4O2. The minimum absolute atomic E-state index is 0.167. The lowest BCUT2D eigenvalue weighted by Gasteiger charge is -2.13. The number of primary amides is 1. The van der Waals surface area contributed by atoms with Crippen molar-refractivity contribution in [2.45, 2.75) is 6.18 Å². The molecule has 1 heterocycles. The molecule has 29 heavy (non-hydrogen) atoms. The van der Waals surface area contributed by atoms with Crippen LogP contribution in [-0.4, -0.2) is 21.6 Å². The van der Waals surface area contributed by atoms with Crippen molar-refractivity contribution in [1.29, 1.82) is 0 Å². The van der Waals surface area contributed by atoms with Crippen LogP contribution in [0.15, 0.2) is 48.7 Å². The van der Waals surface area contributed by atoms with Crippen molar-refractivity contribution in [3.8, 4) is 5.69 Å². The van der Waals surface area contributed by atoms with Gasteiger partial charge in [-0.05, 0) is 30.3 Å². The van der Waals surface area contributed by atoms with E-state index in [-0.39, 0.29) is 10.2 Å². The van der Waals surface area contributed by atoms with Crippen LogP contribution < -0.4 is 11.1 Å². The number of para-hydroxylation sites is 1. The van der Waals surface area contributed by atoms with Crippen LogP contribution in [0.1, 0.15) is 26.4 Å². The Morgan fingerprint density at radius 1 is 1.03 bits per heavy atom. The molecule has 0 saturated heterocycles. The van der Waals surface area contributed by atoms with Crippen molar-refractivity contribution in [1.82, 2.24) is 9.78 Å². The third-order valence-corrected chi connectivity index (χ3v) is 3.86. The van der Waals surface area contributed by atoms with Crippen molar-refractivity contribution < 1.29 is 31.5 Å². The molecule has 0 fully saturated rings. The number of alkyl halides is 3. The lowest BCUT2D eigenvalue weighted by molar-refractivity contribution is -0.143. The predicted molar refractivity (Wildman–Crippen MR) is 91.4 cm³/mol. The monoisotopic (exact) mass is 410 g/mol. The van der Waals surface area contributed by atoms with E-state index in [1.54, 1.807) is 0 Å². The zero-order valence-corrected chi connectivity index (χ0v) is 14.3. The summed E-state index contributed by atoms with van der Waals surface area (Å²) in [5.74, 6) is -4.28. The summed E-state index contributed by atoms with van der Waals surface area (Å²) in [6.07, 6.45) is -4.50. The first-order valence-electron chi connectivity index (χ1n) is 7.90. The second kappa shape index (κ2) is 7.34. The summed E-state index contributed by atoms with van der Waals surface area (Å²) in [5, 5.41) is 5.42. The van der Waals surface area contributed by atoms with E-state index in [9.17, 15) is 31.5 Å². The fourth-order valence-corrected chi connectivity index (χ4v) is 2.56. The molecule has 2 aromatic carbocycles. The van der Waals surface area contributed by atoms with Gasteiger partial charge in [-0.1, -0.05) is 12.1 Å². The van der Waals surface area contributed by atoms with Gasteiger partial charge in [0.1, 0.15) is 17.3 Å². The Balaban J connectivity index is 2.06. The van der Waals surface area contributed by atoms with Crippen molar-refractivity contribution in [3.63, 3.8) is 0 Å². The molecule has 11 heteroatoms. The van der Waals surface area contributed by atoms with Gasteiger partial charge in [0.05, 0.1) is 17.4 Å². The second-order valence-electron chi connectivity index (χ2n) is 5.78. The third-order valence-electron chi connectivity index (χ3n) is 3.86. The molecule has 3 aromatic rings. The average molecular weight is 410 g/mol. The molecule has 3 N–H and O–H groups in total. The lowest BCUT2D eigenvalue weighted by Crippen LogP contribution is -2.21. The van der Waals surface area contributed by atoms with Crippen LogP contribution >= 0.6 is 0 Å². The van der Waals surface area contributed by atoms with E-state index < -0.39 is 52.3 Å². The number of hydrogen-bond acceptors (Lipinski definition) is 3. The van der Waals surface area contributed by atoms with Crippen molar-refractivity contribution in [2.75, 3.05) is 5.32 Å². The Morgan fingerprint density at radius 3 is 2.34 bits per heavy atom. The normalized spacial score (nSPS) is 11.3. The van der Waals surface area contributed by atoms with E-state index in [0.717, 1.165) is 30.3 Å². The zero-order valence-electron chi connectivity index (χ0n) is 14.3. The number of nitrogens with zero attached hydrogens (tertiary/aromatic N) is 2. The second-order valence-corrected chi connectivity index (χ2v) is 5.78.